The highest BCUT2D eigenvalue weighted by molar-refractivity contribution is 5.44. The third-order valence-corrected chi connectivity index (χ3v) is 3.72. The van der Waals surface area contributed by atoms with Gasteiger partial charge < -0.3 is 21.3 Å². The Balaban J connectivity index is 1.94. The van der Waals surface area contributed by atoms with Crippen molar-refractivity contribution in [3.05, 3.63) is 41.1 Å². The summed E-state index contributed by atoms with van der Waals surface area (Å²) in [6.45, 7) is 6.31. The first-order valence-corrected chi connectivity index (χ1v) is 7.69. The molecule has 0 saturated heterocycles. The molecular formula is C17H24N4O2. The first-order chi connectivity index (χ1) is 10.9. The Kier molecular flexibility index (Phi) is 5.39. The van der Waals surface area contributed by atoms with E-state index in [-0.39, 0.29) is 11.7 Å². The van der Waals surface area contributed by atoms with E-state index in [0.29, 0.717) is 23.8 Å². The number of hydrogen-bond donors (Lipinski definition) is 4. The second kappa shape index (κ2) is 7.28. The quantitative estimate of drug-likeness (QED) is 0.652. The normalized spacial score (nSPS) is 13.6. The van der Waals surface area contributed by atoms with Gasteiger partial charge in [0.05, 0.1) is 6.10 Å². The number of nitrogens with two attached hydrogens (primary N) is 1. The lowest BCUT2D eigenvalue weighted by Crippen LogP contribution is -2.16. The molecule has 2 aromatic rings. The molecule has 0 bridgehead atoms. The fourth-order valence-electron chi connectivity index (χ4n) is 2.37. The molecule has 23 heavy (non-hydrogen) atoms. The number of benzene rings is 1. The highest BCUT2D eigenvalue weighted by atomic mass is 16.3. The van der Waals surface area contributed by atoms with Crippen molar-refractivity contribution in [2.75, 3.05) is 17.6 Å². The summed E-state index contributed by atoms with van der Waals surface area (Å²) in [5.41, 5.74) is 8.29. The summed E-state index contributed by atoms with van der Waals surface area (Å²) in [4.78, 5) is 8.31. The molecule has 1 aromatic carbocycles. The number of aryl methyl sites for hydroxylation is 1. The summed E-state index contributed by atoms with van der Waals surface area (Å²) >= 11 is 0. The van der Waals surface area contributed by atoms with Gasteiger partial charge in [0.1, 0.15) is 11.6 Å². The zero-order chi connectivity index (χ0) is 17.0. The van der Waals surface area contributed by atoms with Crippen LogP contribution in [0.5, 0.6) is 5.75 Å². The molecule has 0 spiro atoms. The number of aliphatic hydroxyl groups excluding tert-OH is 1. The van der Waals surface area contributed by atoms with Crippen LogP contribution >= 0.6 is 0 Å². The van der Waals surface area contributed by atoms with Crippen molar-refractivity contribution in [1.29, 1.82) is 0 Å². The molecule has 5 N–H and O–H groups in total. The number of nitrogen functional groups attached to an aromatic ring is 1. The Morgan fingerprint density at radius 3 is 2.65 bits per heavy atom. The second-order valence-electron chi connectivity index (χ2n) is 6.03. The molecule has 0 aliphatic heterocycles. The summed E-state index contributed by atoms with van der Waals surface area (Å²) in [6, 6.07) is 5.72. The Bertz CT molecular complexity index is 674. The number of aromatic hydroxyl groups is 1. The number of anilines is 2. The lowest BCUT2D eigenvalue weighted by Gasteiger charge is -2.15. The zero-order valence-electron chi connectivity index (χ0n) is 13.7. The van der Waals surface area contributed by atoms with Gasteiger partial charge in [-0.05, 0) is 43.4 Å². The monoisotopic (exact) mass is 316 g/mol. The molecule has 6 nitrogen and oxygen atoms in total. The van der Waals surface area contributed by atoms with Gasteiger partial charge in [0, 0.05) is 18.3 Å². The first-order valence-electron chi connectivity index (χ1n) is 7.69. The average molecular weight is 316 g/mol. The number of nitrogens with one attached hydrogen (secondary N) is 1. The van der Waals surface area contributed by atoms with Gasteiger partial charge in [0.2, 0.25) is 5.95 Å². The van der Waals surface area contributed by atoms with E-state index in [1.54, 1.807) is 13.0 Å². The van der Waals surface area contributed by atoms with Gasteiger partial charge >= 0.3 is 0 Å². The molecule has 1 aromatic heterocycles. The number of nitrogens with zero attached hydrogens (tertiary/aromatic N) is 2. The van der Waals surface area contributed by atoms with Gasteiger partial charge in [0.25, 0.3) is 0 Å². The van der Waals surface area contributed by atoms with E-state index in [9.17, 15) is 10.2 Å². The fourth-order valence-corrected chi connectivity index (χ4v) is 2.37. The maximum absolute atomic E-state index is 9.96. The van der Waals surface area contributed by atoms with E-state index in [2.05, 4.69) is 22.2 Å². The summed E-state index contributed by atoms with van der Waals surface area (Å²) in [6.07, 6.45) is 1.60. The molecule has 2 rings (SSSR count). The summed E-state index contributed by atoms with van der Waals surface area (Å²) in [7, 11) is 0. The standard InChI is InChI=1S/C17H24N4O2/c1-10-4-5-13(15(23)7-10)6-11(2)8-19-17-20-9-14(12(3)22)16(18)21-17/h4-5,7,9,11-12,22-23H,6,8H2,1-3H3,(H3,18,19,20,21)/t11-,12-/m0/s1. The van der Waals surface area contributed by atoms with Crippen LogP contribution in [-0.2, 0) is 6.42 Å². The predicted molar refractivity (Wildman–Crippen MR) is 91.3 cm³/mol. The number of phenols is 1. The summed E-state index contributed by atoms with van der Waals surface area (Å²) < 4.78 is 0. The number of rotatable bonds is 6. The van der Waals surface area contributed by atoms with E-state index in [1.807, 2.05) is 19.1 Å². The van der Waals surface area contributed by atoms with E-state index >= 15 is 0 Å². The van der Waals surface area contributed by atoms with Crippen LogP contribution in [0.4, 0.5) is 11.8 Å². The Hall–Kier alpha value is -2.34. The van der Waals surface area contributed by atoms with Crippen LogP contribution in [0.2, 0.25) is 0 Å². The van der Waals surface area contributed by atoms with Crippen LogP contribution in [0.25, 0.3) is 0 Å². The number of aliphatic hydroxyl groups is 1. The van der Waals surface area contributed by atoms with Gasteiger partial charge in [0.15, 0.2) is 0 Å². The van der Waals surface area contributed by atoms with Crippen LogP contribution in [-0.4, -0.2) is 26.7 Å². The lowest BCUT2D eigenvalue weighted by molar-refractivity contribution is 0.199. The Morgan fingerprint density at radius 1 is 1.30 bits per heavy atom. The van der Waals surface area contributed by atoms with Gasteiger partial charge in [-0.3, -0.25) is 0 Å². The fraction of sp³-hybridized carbons (Fsp3) is 0.412. The molecule has 0 unspecified atom stereocenters. The maximum Gasteiger partial charge on any atom is 0.224 e. The molecule has 6 heteroatoms. The third-order valence-electron chi connectivity index (χ3n) is 3.72. The van der Waals surface area contributed by atoms with Crippen molar-refractivity contribution in [3.63, 3.8) is 0 Å². The van der Waals surface area contributed by atoms with Crippen LogP contribution in [0.1, 0.15) is 36.6 Å². The molecule has 0 fully saturated rings. The second-order valence-corrected chi connectivity index (χ2v) is 6.03. The van der Waals surface area contributed by atoms with Crippen molar-refractivity contribution in [1.82, 2.24) is 9.97 Å². The predicted octanol–water partition coefficient (Wildman–Crippen LogP) is 2.42. The van der Waals surface area contributed by atoms with Gasteiger partial charge in [-0.25, -0.2) is 4.98 Å². The SMILES string of the molecule is Cc1ccc(C[C@H](C)CNc2ncc([C@H](C)O)c(N)n2)c(O)c1. The van der Waals surface area contributed by atoms with Crippen LogP contribution in [0.3, 0.4) is 0 Å². The van der Waals surface area contributed by atoms with Crippen LogP contribution in [0, 0.1) is 12.8 Å². The molecule has 2 atom stereocenters. The minimum absolute atomic E-state index is 0.279. The van der Waals surface area contributed by atoms with Crippen molar-refractivity contribution >= 4 is 11.8 Å². The smallest absolute Gasteiger partial charge is 0.224 e. The lowest BCUT2D eigenvalue weighted by atomic mass is 9.99. The Labute approximate surface area is 136 Å². The number of hydrogen-bond acceptors (Lipinski definition) is 6. The highest BCUT2D eigenvalue weighted by Gasteiger charge is 2.11. The van der Waals surface area contributed by atoms with E-state index in [4.69, 9.17) is 5.73 Å². The molecule has 0 aliphatic carbocycles. The molecule has 1 heterocycles. The van der Waals surface area contributed by atoms with Gasteiger partial charge in [-0.1, -0.05) is 19.1 Å². The minimum Gasteiger partial charge on any atom is -0.508 e. The maximum atomic E-state index is 9.96. The van der Waals surface area contributed by atoms with Crippen molar-refractivity contribution in [3.8, 4) is 5.75 Å². The van der Waals surface area contributed by atoms with E-state index in [0.717, 1.165) is 17.5 Å². The molecule has 0 radical (unpaired) electrons. The molecule has 0 aliphatic rings. The molecule has 124 valence electrons. The summed E-state index contributed by atoms with van der Waals surface area (Å²) in [5.74, 6) is 1.33. The van der Waals surface area contributed by atoms with Crippen LogP contribution < -0.4 is 11.1 Å². The Morgan fingerprint density at radius 2 is 2.04 bits per heavy atom. The number of phenolic OH excluding ortho intramolecular Hbond substituents is 1. The van der Waals surface area contributed by atoms with Crippen molar-refractivity contribution in [2.24, 2.45) is 5.92 Å². The third kappa shape index (κ3) is 4.56. The topological polar surface area (TPSA) is 104 Å². The molecule has 0 amide bonds. The van der Waals surface area contributed by atoms with Crippen molar-refractivity contribution in [2.45, 2.75) is 33.3 Å². The van der Waals surface area contributed by atoms with Gasteiger partial charge in [-0.2, -0.15) is 4.98 Å². The minimum atomic E-state index is -0.688. The molecule has 0 saturated carbocycles. The van der Waals surface area contributed by atoms with E-state index in [1.165, 1.54) is 6.20 Å². The van der Waals surface area contributed by atoms with Gasteiger partial charge in [-0.15, -0.1) is 0 Å². The van der Waals surface area contributed by atoms with E-state index < -0.39 is 6.10 Å². The largest absolute Gasteiger partial charge is 0.508 e. The number of aromatic nitrogens is 2. The summed E-state index contributed by atoms with van der Waals surface area (Å²) in [5, 5.41) is 22.6. The van der Waals surface area contributed by atoms with Crippen LogP contribution in [0.15, 0.2) is 24.4 Å². The highest BCUT2D eigenvalue weighted by Crippen LogP contribution is 2.22. The molecular weight excluding hydrogens is 292 g/mol. The first kappa shape index (κ1) is 17.0. The average Bonchev–Trinajstić information content (AvgIpc) is 2.48. The van der Waals surface area contributed by atoms with Crippen molar-refractivity contribution < 1.29 is 10.2 Å². The zero-order valence-corrected chi connectivity index (χ0v) is 13.7.